The van der Waals surface area contributed by atoms with E-state index in [-0.39, 0.29) is 11.9 Å². The molecule has 2 heteroatoms. The molecule has 0 spiro atoms. The minimum atomic E-state index is 0.0225. The Kier molecular flexibility index (Phi) is 38.3. The molecule has 1 atom stereocenters. The fourth-order valence-electron chi connectivity index (χ4n) is 7.89. The summed E-state index contributed by atoms with van der Waals surface area (Å²) in [5.74, 6) is 1.09. The highest BCUT2D eigenvalue weighted by Crippen LogP contribution is 2.32. The zero-order valence-electron chi connectivity index (χ0n) is 35.6. The zero-order valence-corrected chi connectivity index (χ0v) is 35.6. The third-order valence-electron chi connectivity index (χ3n) is 11.4. The first-order valence-electron chi connectivity index (χ1n) is 24.0. The van der Waals surface area contributed by atoms with E-state index < -0.39 is 0 Å². The van der Waals surface area contributed by atoms with E-state index in [0.717, 1.165) is 18.6 Å². The van der Waals surface area contributed by atoms with Crippen LogP contribution in [0.5, 0.6) is 0 Å². The number of cyclic esters (lactones) is 1. The lowest BCUT2D eigenvalue weighted by atomic mass is 9.93. The van der Waals surface area contributed by atoms with Crippen molar-refractivity contribution >= 4 is 5.97 Å². The average molecular weight is 725 g/mol. The van der Waals surface area contributed by atoms with Gasteiger partial charge in [-0.1, -0.05) is 237 Å². The molecule has 0 bridgehead atoms. The maximum atomic E-state index is 12.0. The molecule has 1 saturated heterocycles. The molecule has 304 valence electrons. The minimum Gasteiger partial charge on any atom is -0.430 e. The summed E-state index contributed by atoms with van der Waals surface area (Å²) in [6.45, 7) is 4.43. The molecule has 0 N–H and O–H groups in total. The van der Waals surface area contributed by atoms with Gasteiger partial charge in [0.05, 0.1) is 0 Å². The predicted octanol–water partition coefficient (Wildman–Crippen LogP) is 17.8. The number of hydrogen-bond acceptors (Lipinski definition) is 2. The van der Waals surface area contributed by atoms with Gasteiger partial charge in [0, 0.05) is 0 Å². The summed E-state index contributed by atoms with van der Waals surface area (Å²) in [4.78, 5) is 12.0. The fourth-order valence-corrected chi connectivity index (χ4v) is 7.89. The molecule has 52 heavy (non-hydrogen) atoms. The summed E-state index contributed by atoms with van der Waals surface area (Å²) < 4.78 is 5.41. The molecular formula is C50H92O2. The molecule has 0 aromatic heterocycles. The number of allylic oxidation sites excluding steroid dienone is 5. The molecule has 1 heterocycles. The Hall–Kier alpha value is -1.31. The maximum absolute atomic E-state index is 12.0. The van der Waals surface area contributed by atoms with E-state index in [0.29, 0.717) is 0 Å². The van der Waals surface area contributed by atoms with Gasteiger partial charge in [-0.3, -0.25) is 4.79 Å². The van der Waals surface area contributed by atoms with Crippen LogP contribution in [0.4, 0.5) is 0 Å². The van der Waals surface area contributed by atoms with Gasteiger partial charge in [-0.15, -0.1) is 0 Å². The lowest BCUT2D eigenvalue weighted by Crippen LogP contribution is -2.32. The van der Waals surface area contributed by atoms with Crippen LogP contribution in [0, 0.1) is 5.92 Å². The van der Waals surface area contributed by atoms with Gasteiger partial charge in [0.15, 0.2) is 0 Å². The Bertz CT molecular complexity index is 822. The number of esters is 1. The SMILES string of the molecule is CC/C=C/CCCCCCCCCCCCCCCCCCC/C=C1/OC(=O)C1CCCCCCCCCCCCCCCCCCC/C=C/CC. The molecule has 0 saturated carbocycles. The van der Waals surface area contributed by atoms with Crippen LogP contribution in [0.2, 0.25) is 0 Å². The molecule has 1 unspecified atom stereocenters. The Morgan fingerprint density at radius 2 is 0.635 bits per heavy atom. The Balaban J connectivity index is 1.78. The number of hydrogen-bond donors (Lipinski definition) is 0. The van der Waals surface area contributed by atoms with Crippen molar-refractivity contribution in [2.24, 2.45) is 5.92 Å². The van der Waals surface area contributed by atoms with Crippen molar-refractivity contribution in [3.63, 3.8) is 0 Å². The van der Waals surface area contributed by atoms with E-state index in [1.54, 1.807) is 0 Å². The summed E-state index contributed by atoms with van der Waals surface area (Å²) in [5, 5.41) is 0. The van der Waals surface area contributed by atoms with Gasteiger partial charge in [-0.2, -0.15) is 0 Å². The molecule has 0 aliphatic carbocycles. The maximum Gasteiger partial charge on any atom is 0.321 e. The second-order valence-corrected chi connectivity index (χ2v) is 16.5. The van der Waals surface area contributed by atoms with Crippen LogP contribution in [-0.2, 0) is 9.53 Å². The normalized spacial score (nSPS) is 15.4. The highest BCUT2D eigenvalue weighted by atomic mass is 16.6. The Morgan fingerprint density at radius 3 is 0.923 bits per heavy atom. The quantitative estimate of drug-likeness (QED) is 0.0356. The van der Waals surface area contributed by atoms with Crippen LogP contribution in [0.25, 0.3) is 0 Å². The second-order valence-electron chi connectivity index (χ2n) is 16.5. The first-order valence-corrected chi connectivity index (χ1v) is 24.0. The van der Waals surface area contributed by atoms with Crippen LogP contribution in [0.1, 0.15) is 271 Å². The van der Waals surface area contributed by atoms with Gasteiger partial charge in [0.1, 0.15) is 11.7 Å². The third-order valence-corrected chi connectivity index (χ3v) is 11.4. The van der Waals surface area contributed by atoms with Crippen molar-refractivity contribution in [3.8, 4) is 0 Å². The largest absolute Gasteiger partial charge is 0.430 e. The summed E-state index contributed by atoms with van der Waals surface area (Å²) in [7, 11) is 0. The average Bonchev–Trinajstić information content (AvgIpc) is 3.15. The fraction of sp³-hybridized carbons (Fsp3) is 0.860. The second kappa shape index (κ2) is 40.9. The van der Waals surface area contributed by atoms with Gasteiger partial charge < -0.3 is 4.74 Å². The van der Waals surface area contributed by atoms with E-state index in [4.69, 9.17) is 4.74 Å². The lowest BCUT2D eigenvalue weighted by Gasteiger charge is -2.28. The lowest BCUT2D eigenvalue weighted by molar-refractivity contribution is -0.157. The van der Waals surface area contributed by atoms with Crippen molar-refractivity contribution in [3.05, 3.63) is 36.1 Å². The first kappa shape index (κ1) is 48.7. The van der Waals surface area contributed by atoms with Crippen molar-refractivity contribution in [1.29, 1.82) is 0 Å². The minimum absolute atomic E-state index is 0.0225. The molecule has 1 rings (SSSR count). The molecular weight excluding hydrogens is 633 g/mol. The third kappa shape index (κ3) is 33.3. The van der Waals surface area contributed by atoms with Crippen molar-refractivity contribution < 1.29 is 9.53 Å². The summed E-state index contributed by atoms with van der Waals surface area (Å²) in [6, 6.07) is 0. The monoisotopic (exact) mass is 725 g/mol. The molecule has 1 fully saturated rings. The molecule has 0 radical (unpaired) electrons. The van der Waals surface area contributed by atoms with Crippen molar-refractivity contribution in [2.45, 2.75) is 271 Å². The van der Waals surface area contributed by atoms with Crippen LogP contribution >= 0.6 is 0 Å². The number of rotatable bonds is 42. The molecule has 2 nitrogen and oxygen atoms in total. The van der Waals surface area contributed by atoms with Gasteiger partial charge >= 0.3 is 5.97 Å². The van der Waals surface area contributed by atoms with E-state index >= 15 is 0 Å². The summed E-state index contributed by atoms with van der Waals surface area (Å²) in [6.07, 6.45) is 66.2. The van der Waals surface area contributed by atoms with Crippen LogP contribution < -0.4 is 0 Å². The summed E-state index contributed by atoms with van der Waals surface area (Å²) >= 11 is 0. The van der Waals surface area contributed by atoms with E-state index in [1.165, 1.54) is 244 Å². The predicted molar refractivity (Wildman–Crippen MR) is 232 cm³/mol. The van der Waals surface area contributed by atoms with Crippen LogP contribution in [0.15, 0.2) is 36.1 Å². The van der Waals surface area contributed by atoms with Crippen molar-refractivity contribution in [2.75, 3.05) is 0 Å². The van der Waals surface area contributed by atoms with Gasteiger partial charge in [0.25, 0.3) is 0 Å². The number of carbonyl (C=O) groups excluding carboxylic acids is 1. The van der Waals surface area contributed by atoms with Crippen molar-refractivity contribution in [1.82, 2.24) is 0 Å². The number of carbonyl (C=O) groups is 1. The highest BCUT2D eigenvalue weighted by Gasteiger charge is 2.36. The zero-order chi connectivity index (χ0) is 37.3. The molecule has 0 amide bonds. The van der Waals surface area contributed by atoms with Gasteiger partial charge in [0.2, 0.25) is 0 Å². The highest BCUT2D eigenvalue weighted by molar-refractivity contribution is 5.82. The van der Waals surface area contributed by atoms with Crippen LogP contribution in [-0.4, -0.2) is 5.97 Å². The van der Waals surface area contributed by atoms with E-state index in [9.17, 15) is 4.79 Å². The standard InChI is InChI=1S/C50H92O2/c1-3-5-7-9-11-13-15-17-19-21-23-25-27-29-31-33-35-37-39-41-43-45-47-49-48(50(51)52-49)46-44-42-40-38-36-34-32-30-28-26-24-22-20-18-16-14-12-10-8-6-4-2/h5-8,47-48H,3-4,9-46H2,1-2H3/b7-5+,8-6+,49-47+. The Morgan fingerprint density at radius 1 is 0.365 bits per heavy atom. The van der Waals surface area contributed by atoms with Gasteiger partial charge in [-0.25, -0.2) is 0 Å². The number of unbranched alkanes of at least 4 members (excludes halogenated alkanes) is 35. The smallest absolute Gasteiger partial charge is 0.321 e. The van der Waals surface area contributed by atoms with Crippen LogP contribution in [0.3, 0.4) is 0 Å². The van der Waals surface area contributed by atoms with E-state index in [2.05, 4.69) is 44.2 Å². The van der Waals surface area contributed by atoms with Gasteiger partial charge in [-0.05, 0) is 63.9 Å². The first-order chi connectivity index (χ1) is 25.8. The Labute approximate surface area is 327 Å². The molecule has 1 aliphatic rings. The summed E-state index contributed by atoms with van der Waals surface area (Å²) in [5.41, 5.74) is 0. The molecule has 0 aromatic rings. The molecule has 1 aliphatic heterocycles. The molecule has 0 aromatic carbocycles. The number of ether oxygens (including phenoxy) is 1. The topological polar surface area (TPSA) is 26.3 Å². The van der Waals surface area contributed by atoms with E-state index in [1.807, 2.05) is 0 Å².